The van der Waals surface area contributed by atoms with E-state index < -0.39 is 0 Å². The van der Waals surface area contributed by atoms with Gasteiger partial charge in [-0.2, -0.15) is 0 Å². The monoisotopic (exact) mass is 228 g/mol. The molecule has 0 aromatic heterocycles. The fourth-order valence-corrected chi connectivity index (χ4v) is 1.80. The van der Waals surface area contributed by atoms with Crippen LogP contribution >= 0.6 is 0 Å². The Balaban J connectivity index is 2.08. The van der Waals surface area contributed by atoms with Crippen LogP contribution in [0.2, 0.25) is 0 Å². The molecular weight excluding hydrogens is 208 g/mol. The molecule has 0 saturated heterocycles. The van der Waals surface area contributed by atoms with Gasteiger partial charge in [-0.25, -0.2) is 0 Å². The zero-order chi connectivity index (χ0) is 11.8. The zero-order valence-corrected chi connectivity index (χ0v) is 9.74. The number of nitrogens with one attached hydrogen (secondary N) is 1. The molecule has 1 fully saturated rings. The van der Waals surface area contributed by atoms with Gasteiger partial charge >= 0.3 is 0 Å². The van der Waals surface area contributed by atoms with Crippen LogP contribution in [0.25, 0.3) is 0 Å². The van der Waals surface area contributed by atoms with Crippen LogP contribution in [0.5, 0.6) is 0 Å². The number of hydrogen-bond acceptors (Lipinski definition) is 4. The Labute approximate surface area is 95.9 Å². The van der Waals surface area contributed by atoms with Gasteiger partial charge in [0.25, 0.3) is 0 Å². The fraction of sp³-hybridized carbons (Fsp3) is 0.818. The normalized spacial score (nSPS) is 20.6. The highest BCUT2D eigenvalue weighted by Gasteiger charge is 2.18. The molecule has 0 heterocycles. The van der Waals surface area contributed by atoms with Gasteiger partial charge < -0.3 is 15.3 Å². The highest BCUT2D eigenvalue weighted by molar-refractivity contribution is 5.84. The Morgan fingerprint density at radius 3 is 2.81 bits per heavy atom. The van der Waals surface area contributed by atoms with E-state index in [0.717, 1.165) is 31.4 Å². The van der Waals surface area contributed by atoms with Gasteiger partial charge in [-0.05, 0) is 32.6 Å². The number of oxime groups is 1. The lowest BCUT2D eigenvalue weighted by Gasteiger charge is -2.22. The SMILES string of the molecule is CCNC(=O)CCOC1CCC(=NO)CC1. The number of amides is 1. The van der Waals surface area contributed by atoms with Crippen LogP contribution in [-0.4, -0.2) is 36.1 Å². The van der Waals surface area contributed by atoms with Gasteiger partial charge in [0.1, 0.15) is 0 Å². The van der Waals surface area contributed by atoms with Crippen molar-refractivity contribution < 1.29 is 14.7 Å². The summed E-state index contributed by atoms with van der Waals surface area (Å²) in [6.45, 7) is 3.04. The molecule has 0 aromatic rings. The minimum absolute atomic E-state index is 0.0379. The largest absolute Gasteiger partial charge is 0.411 e. The van der Waals surface area contributed by atoms with E-state index in [9.17, 15) is 4.79 Å². The summed E-state index contributed by atoms with van der Waals surface area (Å²) in [5, 5.41) is 14.5. The molecule has 0 atom stereocenters. The lowest BCUT2D eigenvalue weighted by molar-refractivity contribution is -0.122. The third-order valence-corrected chi connectivity index (χ3v) is 2.71. The minimum atomic E-state index is 0.0379. The van der Waals surface area contributed by atoms with Crippen molar-refractivity contribution in [2.75, 3.05) is 13.2 Å². The summed E-state index contributed by atoms with van der Waals surface area (Å²) in [7, 11) is 0. The molecule has 0 radical (unpaired) electrons. The van der Waals surface area contributed by atoms with Crippen molar-refractivity contribution in [1.82, 2.24) is 5.32 Å². The molecule has 2 N–H and O–H groups in total. The second-order valence-corrected chi connectivity index (χ2v) is 3.94. The van der Waals surface area contributed by atoms with Crippen LogP contribution in [0, 0.1) is 0 Å². The van der Waals surface area contributed by atoms with Crippen molar-refractivity contribution >= 4 is 11.6 Å². The first kappa shape index (κ1) is 13.0. The lowest BCUT2D eigenvalue weighted by Crippen LogP contribution is -2.26. The number of hydrogen-bond donors (Lipinski definition) is 2. The zero-order valence-electron chi connectivity index (χ0n) is 9.74. The van der Waals surface area contributed by atoms with Crippen LogP contribution in [0.15, 0.2) is 5.16 Å². The summed E-state index contributed by atoms with van der Waals surface area (Å²) in [4.78, 5) is 11.1. The Bertz CT molecular complexity index is 244. The molecule has 1 aliphatic rings. The molecule has 0 unspecified atom stereocenters. The van der Waals surface area contributed by atoms with E-state index in [1.54, 1.807) is 0 Å². The van der Waals surface area contributed by atoms with E-state index in [1.165, 1.54) is 0 Å². The molecule has 5 heteroatoms. The van der Waals surface area contributed by atoms with Gasteiger partial charge in [-0.3, -0.25) is 4.79 Å². The second-order valence-electron chi connectivity index (χ2n) is 3.94. The molecule has 1 rings (SSSR count). The molecule has 0 spiro atoms. The summed E-state index contributed by atoms with van der Waals surface area (Å²) >= 11 is 0. The molecule has 0 aromatic carbocycles. The van der Waals surface area contributed by atoms with Gasteiger partial charge in [0.2, 0.25) is 5.91 Å². The Morgan fingerprint density at radius 1 is 1.56 bits per heavy atom. The van der Waals surface area contributed by atoms with Gasteiger partial charge in [-0.1, -0.05) is 5.16 Å². The summed E-state index contributed by atoms with van der Waals surface area (Å²) in [5.74, 6) is 0.0379. The van der Waals surface area contributed by atoms with Crippen molar-refractivity contribution in [2.45, 2.75) is 45.1 Å². The maximum absolute atomic E-state index is 11.1. The first-order chi connectivity index (χ1) is 7.76. The lowest BCUT2D eigenvalue weighted by atomic mass is 9.96. The third-order valence-electron chi connectivity index (χ3n) is 2.71. The Hall–Kier alpha value is -1.10. The molecule has 1 aliphatic carbocycles. The predicted molar refractivity (Wildman–Crippen MR) is 60.7 cm³/mol. The maximum Gasteiger partial charge on any atom is 0.222 e. The molecule has 1 saturated carbocycles. The van der Waals surface area contributed by atoms with Crippen molar-refractivity contribution in [3.05, 3.63) is 0 Å². The average molecular weight is 228 g/mol. The number of nitrogens with zero attached hydrogens (tertiary/aromatic N) is 1. The van der Waals surface area contributed by atoms with E-state index in [0.29, 0.717) is 19.6 Å². The summed E-state index contributed by atoms with van der Waals surface area (Å²) in [5.41, 5.74) is 0.851. The van der Waals surface area contributed by atoms with E-state index >= 15 is 0 Å². The van der Waals surface area contributed by atoms with Crippen molar-refractivity contribution in [1.29, 1.82) is 0 Å². The van der Waals surface area contributed by atoms with Crippen LogP contribution in [0.4, 0.5) is 0 Å². The number of carbonyl (C=O) groups is 1. The highest BCUT2D eigenvalue weighted by Crippen LogP contribution is 2.18. The fourth-order valence-electron chi connectivity index (χ4n) is 1.80. The minimum Gasteiger partial charge on any atom is -0.411 e. The van der Waals surface area contributed by atoms with Gasteiger partial charge in [-0.15, -0.1) is 0 Å². The standard InChI is InChI=1S/C11H20N2O3/c1-2-12-11(14)7-8-16-10-5-3-9(13-15)4-6-10/h10,15H,2-8H2,1H3,(H,12,14). The molecule has 0 aliphatic heterocycles. The smallest absolute Gasteiger partial charge is 0.222 e. The van der Waals surface area contributed by atoms with Crippen LogP contribution in [-0.2, 0) is 9.53 Å². The van der Waals surface area contributed by atoms with Crippen molar-refractivity contribution in [3.63, 3.8) is 0 Å². The summed E-state index contributed by atoms with van der Waals surface area (Å²) in [6.07, 6.45) is 3.99. The predicted octanol–water partition coefficient (Wildman–Crippen LogP) is 1.30. The van der Waals surface area contributed by atoms with Crippen LogP contribution in [0.1, 0.15) is 39.0 Å². The second kappa shape index (κ2) is 7.22. The first-order valence-corrected chi connectivity index (χ1v) is 5.84. The highest BCUT2D eigenvalue weighted by atomic mass is 16.5. The van der Waals surface area contributed by atoms with E-state index in [-0.39, 0.29) is 12.0 Å². The van der Waals surface area contributed by atoms with Crippen LogP contribution in [0.3, 0.4) is 0 Å². The Kier molecular flexibility index (Phi) is 5.85. The number of carbonyl (C=O) groups excluding carboxylic acids is 1. The molecule has 92 valence electrons. The molecular formula is C11H20N2O3. The molecule has 0 bridgehead atoms. The van der Waals surface area contributed by atoms with Crippen molar-refractivity contribution in [2.24, 2.45) is 5.16 Å². The van der Waals surface area contributed by atoms with E-state index in [2.05, 4.69) is 10.5 Å². The summed E-state index contributed by atoms with van der Waals surface area (Å²) in [6, 6.07) is 0. The summed E-state index contributed by atoms with van der Waals surface area (Å²) < 4.78 is 5.60. The Morgan fingerprint density at radius 2 is 2.25 bits per heavy atom. The average Bonchev–Trinajstić information content (AvgIpc) is 2.30. The first-order valence-electron chi connectivity index (χ1n) is 5.84. The number of ether oxygens (including phenoxy) is 1. The van der Waals surface area contributed by atoms with Gasteiger partial charge in [0.05, 0.1) is 18.4 Å². The van der Waals surface area contributed by atoms with E-state index in [1.807, 2.05) is 6.92 Å². The van der Waals surface area contributed by atoms with Gasteiger partial charge in [0, 0.05) is 13.0 Å². The third kappa shape index (κ3) is 4.61. The van der Waals surface area contributed by atoms with E-state index in [4.69, 9.17) is 9.94 Å². The van der Waals surface area contributed by atoms with Crippen molar-refractivity contribution in [3.8, 4) is 0 Å². The topological polar surface area (TPSA) is 70.9 Å². The number of rotatable bonds is 5. The molecule has 5 nitrogen and oxygen atoms in total. The van der Waals surface area contributed by atoms with Crippen LogP contribution < -0.4 is 5.32 Å². The van der Waals surface area contributed by atoms with Gasteiger partial charge in [0.15, 0.2) is 0 Å². The maximum atomic E-state index is 11.1. The molecule has 1 amide bonds. The molecule has 16 heavy (non-hydrogen) atoms. The quantitative estimate of drug-likeness (QED) is 0.550.